The summed E-state index contributed by atoms with van der Waals surface area (Å²) in [6, 6.07) is 0. The second-order valence-corrected chi connectivity index (χ2v) is 8.26. The van der Waals surface area contributed by atoms with Gasteiger partial charge < -0.3 is 9.84 Å². The van der Waals surface area contributed by atoms with Crippen molar-refractivity contribution in [2.24, 2.45) is 28.6 Å². The molecule has 6 heteroatoms. The Morgan fingerprint density at radius 3 is 2.50 bits per heavy atom. The van der Waals surface area contributed by atoms with Crippen molar-refractivity contribution in [1.29, 1.82) is 0 Å². The monoisotopic (exact) mass is 350 g/mol. The van der Waals surface area contributed by atoms with Gasteiger partial charge in [0.15, 0.2) is 11.6 Å². The third kappa shape index (κ3) is 1.41. The lowest BCUT2D eigenvalue weighted by Crippen LogP contribution is -2.64. The van der Waals surface area contributed by atoms with Gasteiger partial charge in [-0.15, -0.1) is 0 Å². The van der Waals surface area contributed by atoms with E-state index in [9.17, 15) is 19.5 Å². The van der Waals surface area contributed by atoms with Crippen LogP contribution in [0.1, 0.15) is 27.7 Å². The number of allylic oxidation sites excluding steroid dienone is 4. The summed E-state index contributed by atoms with van der Waals surface area (Å²) in [4.78, 5) is 38.4. The van der Waals surface area contributed by atoms with Crippen molar-refractivity contribution >= 4 is 29.1 Å². The molecule has 4 rings (SSSR count). The number of carbonyl (C=O) groups excluding carboxylic acids is 3. The molecule has 5 nitrogen and oxygen atoms in total. The summed E-state index contributed by atoms with van der Waals surface area (Å²) in [5, 5.41) is 11.1. The molecule has 7 atom stereocenters. The minimum atomic E-state index is -1.18. The maximum absolute atomic E-state index is 13.0. The van der Waals surface area contributed by atoms with Gasteiger partial charge in [-0.2, -0.15) is 0 Å². The molecule has 1 aliphatic heterocycles. The van der Waals surface area contributed by atoms with E-state index in [4.69, 9.17) is 16.3 Å². The Balaban J connectivity index is 2.01. The number of ketones is 2. The largest absolute Gasteiger partial charge is 0.459 e. The van der Waals surface area contributed by atoms with Crippen LogP contribution in [0, 0.1) is 28.6 Å². The first-order valence-electron chi connectivity index (χ1n) is 8.14. The molecule has 2 fully saturated rings. The smallest absolute Gasteiger partial charge is 0.310 e. The van der Waals surface area contributed by atoms with E-state index in [0.717, 1.165) is 0 Å². The van der Waals surface area contributed by atoms with Gasteiger partial charge in [0, 0.05) is 11.8 Å². The topological polar surface area (TPSA) is 80.7 Å². The average Bonchev–Trinajstić information content (AvgIpc) is 2.85. The van der Waals surface area contributed by atoms with Crippen LogP contribution in [0.2, 0.25) is 0 Å². The van der Waals surface area contributed by atoms with Crippen LogP contribution >= 0.6 is 11.6 Å². The van der Waals surface area contributed by atoms with Gasteiger partial charge in [0.1, 0.15) is 6.10 Å². The van der Waals surface area contributed by atoms with Crippen LogP contribution in [0.25, 0.3) is 0 Å². The summed E-state index contributed by atoms with van der Waals surface area (Å²) in [5.74, 6) is -2.69. The van der Waals surface area contributed by atoms with Crippen LogP contribution in [0.3, 0.4) is 0 Å². The zero-order valence-corrected chi connectivity index (χ0v) is 14.7. The maximum Gasteiger partial charge on any atom is 0.310 e. The van der Waals surface area contributed by atoms with E-state index in [1.165, 1.54) is 6.08 Å². The van der Waals surface area contributed by atoms with Crippen LogP contribution < -0.4 is 0 Å². The molecule has 0 aromatic rings. The molecule has 1 heterocycles. The lowest BCUT2D eigenvalue weighted by Gasteiger charge is -2.55. The second-order valence-electron chi connectivity index (χ2n) is 7.88. The van der Waals surface area contributed by atoms with Crippen LogP contribution in [0.15, 0.2) is 22.3 Å². The fourth-order valence-corrected chi connectivity index (χ4v) is 6.06. The molecule has 1 unspecified atom stereocenters. The number of aliphatic hydroxyl groups excluding tert-OH is 1. The zero-order chi connectivity index (χ0) is 17.8. The summed E-state index contributed by atoms with van der Waals surface area (Å²) in [6.45, 7) is 6.92. The Kier molecular flexibility index (Phi) is 2.93. The number of Topliss-reactive ketones (excluding diaryl/α,β-unsaturated/α-hetero) is 1. The predicted octanol–water partition coefficient (Wildman–Crippen LogP) is 1.77. The molecule has 128 valence electrons. The molecule has 0 spiro atoms. The lowest BCUT2D eigenvalue weighted by atomic mass is 9.45. The van der Waals surface area contributed by atoms with E-state index in [1.54, 1.807) is 20.8 Å². The summed E-state index contributed by atoms with van der Waals surface area (Å²) in [7, 11) is 0. The molecule has 1 saturated heterocycles. The summed E-state index contributed by atoms with van der Waals surface area (Å²) < 4.78 is 5.38. The molecule has 4 aliphatic rings. The molecule has 0 aromatic carbocycles. The van der Waals surface area contributed by atoms with Gasteiger partial charge in [-0.1, -0.05) is 25.4 Å². The van der Waals surface area contributed by atoms with E-state index < -0.39 is 40.8 Å². The van der Waals surface area contributed by atoms with E-state index in [-0.39, 0.29) is 22.5 Å². The van der Waals surface area contributed by atoms with Crippen molar-refractivity contribution in [2.45, 2.75) is 39.9 Å². The van der Waals surface area contributed by atoms with E-state index in [1.807, 2.05) is 6.92 Å². The summed E-state index contributed by atoms with van der Waals surface area (Å²) in [6.07, 6.45) is -0.341. The van der Waals surface area contributed by atoms with Crippen LogP contribution in [-0.2, 0) is 19.1 Å². The quantitative estimate of drug-likeness (QED) is 0.673. The molecule has 0 amide bonds. The molecule has 2 bridgehead atoms. The number of ether oxygens (including phenoxy) is 1. The number of hydrogen-bond donors (Lipinski definition) is 1. The first-order valence-corrected chi connectivity index (χ1v) is 8.52. The number of esters is 1. The Bertz CT molecular complexity index is 780. The Morgan fingerprint density at radius 1 is 1.25 bits per heavy atom. The molecule has 0 radical (unpaired) electrons. The van der Waals surface area contributed by atoms with E-state index in [2.05, 4.69) is 0 Å². The normalized spacial score (nSPS) is 49.8. The zero-order valence-electron chi connectivity index (χ0n) is 13.9. The number of halogens is 1. The molecule has 24 heavy (non-hydrogen) atoms. The Hall–Kier alpha value is -1.46. The Labute approximate surface area is 144 Å². The molecular formula is C18H19ClO5. The molecule has 1 N–H and O–H groups in total. The highest BCUT2D eigenvalue weighted by molar-refractivity contribution is 6.45. The fraction of sp³-hybridized carbons (Fsp3) is 0.611. The first-order chi connectivity index (χ1) is 11.1. The second kappa shape index (κ2) is 4.38. The van der Waals surface area contributed by atoms with E-state index in [0.29, 0.717) is 11.1 Å². The fourth-order valence-electron chi connectivity index (χ4n) is 5.76. The molecular weight excluding hydrogens is 332 g/mol. The van der Waals surface area contributed by atoms with Gasteiger partial charge in [0.2, 0.25) is 0 Å². The maximum atomic E-state index is 13.0. The number of hydrogen-bond acceptors (Lipinski definition) is 5. The predicted molar refractivity (Wildman–Crippen MR) is 84.9 cm³/mol. The minimum absolute atomic E-state index is 0.103. The highest BCUT2D eigenvalue weighted by Gasteiger charge is 2.73. The van der Waals surface area contributed by atoms with Crippen molar-refractivity contribution in [3.63, 3.8) is 0 Å². The highest BCUT2D eigenvalue weighted by atomic mass is 35.5. The SMILES string of the molecule is CC1=C(Cl)C(=O)[C@@]2(C)C1=CC(=O)[C@]1(C)[C@@H]2[C@@H](O)[C@@H]2OC(=O)[C@H]1C2C. The molecule has 1 saturated carbocycles. The van der Waals surface area contributed by atoms with Crippen LogP contribution in [0.4, 0.5) is 0 Å². The van der Waals surface area contributed by atoms with Gasteiger partial charge in [0.05, 0.1) is 27.9 Å². The molecule has 3 aliphatic carbocycles. The average molecular weight is 351 g/mol. The number of fused-ring (bicyclic) bond motifs is 6. The summed E-state index contributed by atoms with van der Waals surface area (Å²) >= 11 is 6.19. The van der Waals surface area contributed by atoms with E-state index >= 15 is 0 Å². The third-order valence-electron chi connectivity index (χ3n) is 6.91. The van der Waals surface area contributed by atoms with Crippen molar-refractivity contribution in [2.75, 3.05) is 0 Å². The number of carbonyl (C=O) groups is 3. The van der Waals surface area contributed by atoms with Gasteiger partial charge in [-0.3, -0.25) is 14.4 Å². The van der Waals surface area contributed by atoms with Crippen molar-refractivity contribution in [1.82, 2.24) is 0 Å². The lowest BCUT2D eigenvalue weighted by molar-refractivity contribution is -0.165. The third-order valence-corrected chi connectivity index (χ3v) is 7.37. The van der Waals surface area contributed by atoms with Crippen molar-refractivity contribution in [3.8, 4) is 0 Å². The molecule has 0 aromatic heterocycles. The number of aliphatic hydroxyl groups is 1. The minimum Gasteiger partial charge on any atom is -0.459 e. The van der Waals surface area contributed by atoms with Gasteiger partial charge in [-0.05, 0) is 31.1 Å². The van der Waals surface area contributed by atoms with Gasteiger partial charge in [0.25, 0.3) is 0 Å². The highest BCUT2D eigenvalue weighted by Crippen LogP contribution is 2.66. The van der Waals surface area contributed by atoms with Gasteiger partial charge in [-0.25, -0.2) is 0 Å². The van der Waals surface area contributed by atoms with Crippen molar-refractivity contribution in [3.05, 3.63) is 22.3 Å². The Morgan fingerprint density at radius 2 is 1.88 bits per heavy atom. The first kappa shape index (κ1) is 16.0. The van der Waals surface area contributed by atoms with Crippen LogP contribution in [-0.4, -0.2) is 34.9 Å². The van der Waals surface area contributed by atoms with Crippen molar-refractivity contribution < 1.29 is 24.2 Å². The summed E-state index contributed by atoms with van der Waals surface area (Å²) in [5.41, 5.74) is -1.16. The standard InChI is InChI=1S/C18H19ClO5/c1-6-8-5-9(20)18(4)10-7(2)13(24-16(10)23)12(21)14(18)17(8,3)15(22)11(6)19/h5,7,10,12-14,21H,1-4H3/t7?,10-,12+,13-,14-,17+,18+/m1/s1. The van der Waals surface area contributed by atoms with Gasteiger partial charge >= 0.3 is 5.97 Å². The number of rotatable bonds is 0. The van der Waals surface area contributed by atoms with Crippen LogP contribution in [0.5, 0.6) is 0 Å².